The molecule has 0 amide bonds. The fraction of sp³-hybridized carbons (Fsp3) is 0.357. The standard InChI is InChI=1S/C14H16N2O2.ClH/c17-14(18)10-3-4-13-12(7-10)11(8-15-13)9-16-5-1-2-6-16;/h3-4,7-8,15H,1-2,5-6,9H2,(H,17,18);1H. The van der Waals surface area contributed by atoms with E-state index in [1.165, 1.54) is 18.4 Å². The van der Waals surface area contributed by atoms with Gasteiger partial charge >= 0.3 is 5.97 Å². The summed E-state index contributed by atoms with van der Waals surface area (Å²) in [6, 6.07) is 5.24. The molecule has 1 aliphatic heterocycles. The Bertz CT molecular complexity index is 588. The summed E-state index contributed by atoms with van der Waals surface area (Å²) in [6.07, 6.45) is 4.53. The van der Waals surface area contributed by atoms with Crippen LogP contribution in [0.2, 0.25) is 0 Å². The number of aromatic nitrogens is 1. The van der Waals surface area contributed by atoms with E-state index in [4.69, 9.17) is 5.11 Å². The Morgan fingerprint density at radius 2 is 2.05 bits per heavy atom. The predicted molar refractivity (Wildman–Crippen MR) is 77.0 cm³/mol. The molecule has 3 rings (SSSR count). The summed E-state index contributed by atoms with van der Waals surface area (Å²) >= 11 is 0. The molecule has 1 fully saturated rings. The van der Waals surface area contributed by atoms with E-state index in [-0.39, 0.29) is 12.4 Å². The normalized spacial score (nSPS) is 15.6. The molecule has 2 N–H and O–H groups in total. The summed E-state index contributed by atoms with van der Waals surface area (Å²) in [5.41, 5.74) is 2.55. The first-order valence-corrected chi connectivity index (χ1v) is 6.30. The number of carbonyl (C=O) groups is 1. The van der Waals surface area contributed by atoms with Gasteiger partial charge in [-0.3, -0.25) is 4.90 Å². The van der Waals surface area contributed by atoms with Crippen LogP contribution in [0.25, 0.3) is 10.9 Å². The molecule has 19 heavy (non-hydrogen) atoms. The van der Waals surface area contributed by atoms with Crippen LogP contribution in [-0.4, -0.2) is 34.0 Å². The van der Waals surface area contributed by atoms with Crippen LogP contribution in [0.15, 0.2) is 24.4 Å². The molecule has 0 bridgehead atoms. The molecule has 0 saturated carbocycles. The van der Waals surface area contributed by atoms with Crippen LogP contribution < -0.4 is 0 Å². The zero-order valence-electron chi connectivity index (χ0n) is 10.6. The molecule has 1 aromatic heterocycles. The number of benzene rings is 1. The number of carboxylic acids is 1. The van der Waals surface area contributed by atoms with Gasteiger partial charge in [0.25, 0.3) is 0 Å². The highest BCUT2D eigenvalue weighted by atomic mass is 35.5. The van der Waals surface area contributed by atoms with Gasteiger partial charge in [-0.1, -0.05) is 0 Å². The van der Waals surface area contributed by atoms with Crippen LogP contribution in [0.4, 0.5) is 0 Å². The molecule has 2 aromatic rings. The molecule has 1 aromatic carbocycles. The summed E-state index contributed by atoms with van der Waals surface area (Å²) in [7, 11) is 0. The Labute approximate surface area is 117 Å². The van der Waals surface area contributed by atoms with Gasteiger partial charge in [0.2, 0.25) is 0 Å². The minimum absolute atomic E-state index is 0. The van der Waals surface area contributed by atoms with Gasteiger partial charge < -0.3 is 10.1 Å². The van der Waals surface area contributed by atoms with E-state index in [2.05, 4.69) is 9.88 Å². The maximum Gasteiger partial charge on any atom is 0.335 e. The minimum atomic E-state index is -0.870. The lowest BCUT2D eigenvalue weighted by Crippen LogP contribution is -2.18. The van der Waals surface area contributed by atoms with E-state index < -0.39 is 5.97 Å². The van der Waals surface area contributed by atoms with E-state index in [9.17, 15) is 4.79 Å². The van der Waals surface area contributed by atoms with Crippen molar-refractivity contribution >= 4 is 29.3 Å². The van der Waals surface area contributed by atoms with Crippen molar-refractivity contribution in [3.63, 3.8) is 0 Å². The van der Waals surface area contributed by atoms with E-state index in [1.807, 2.05) is 12.3 Å². The first-order chi connectivity index (χ1) is 8.74. The average molecular weight is 281 g/mol. The number of nitrogens with one attached hydrogen (secondary N) is 1. The number of nitrogens with zero attached hydrogens (tertiary/aromatic N) is 1. The van der Waals surface area contributed by atoms with Crippen LogP contribution in [0, 0.1) is 0 Å². The summed E-state index contributed by atoms with van der Waals surface area (Å²) in [5.74, 6) is -0.870. The summed E-state index contributed by atoms with van der Waals surface area (Å²) in [5, 5.41) is 10.1. The van der Waals surface area contributed by atoms with Crippen molar-refractivity contribution in [2.75, 3.05) is 13.1 Å². The molecule has 0 aliphatic carbocycles. The highest BCUT2D eigenvalue weighted by Gasteiger charge is 2.14. The van der Waals surface area contributed by atoms with Gasteiger partial charge in [0.15, 0.2) is 0 Å². The van der Waals surface area contributed by atoms with Crippen molar-refractivity contribution in [2.24, 2.45) is 0 Å². The lowest BCUT2D eigenvalue weighted by Gasteiger charge is -2.13. The van der Waals surface area contributed by atoms with Crippen molar-refractivity contribution in [1.29, 1.82) is 0 Å². The number of hydrogen-bond donors (Lipinski definition) is 2. The fourth-order valence-corrected chi connectivity index (χ4v) is 2.62. The quantitative estimate of drug-likeness (QED) is 0.909. The third-order valence-corrected chi connectivity index (χ3v) is 3.61. The topological polar surface area (TPSA) is 56.3 Å². The van der Waals surface area contributed by atoms with Crippen molar-refractivity contribution < 1.29 is 9.90 Å². The molecule has 0 atom stereocenters. The van der Waals surface area contributed by atoms with Crippen LogP contribution in [0.1, 0.15) is 28.8 Å². The van der Waals surface area contributed by atoms with Gasteiger partial charge in [0, 0.05) is 23.6 Å². The zero-order chi connectivity index (χ0) is 12.5. The maximum atomic E-state index is 11.0. The maximum absolute atomic E-state index is 11.0. The Hall–Kier alpha value is -1.52. The third kappa shape index (κ3) is 2.74. The number of aromatic amines is 1. The fourth-order valence-electron chi connectivity index (χ4n) is 2.62. The number of carboxylic acid groups (broad SMARTS) is 1. The molecule has 0 radical (unpaired) electrons. The number of fused-ring (bicyclic) bond motifs is 1. The van der Waals surface area contributed by atoms with Crippen LogP contribution in [0.3, 0.4) is 0 Å². The number of rotatable bonds is 3. The molecule has 1 aliphatic rings. The van der Waals surface area contributed by atoms with E-state index in [1.54, 1.807) is 12.1 Å². The van der Waals surface area contributed by atoms with E-state index >= 15 is 0 Å². The number of likely N-dealkylation sites (tertiary alicyclic amines) is 1. The Balaban J connectivity index is 0.00000133. The van der Waals surface area contributed by atoms with Crippen molar-refractivity contribution in [1.82, 2.24) is 9.88 Å². The highest BCUT2D eigenvalue weighted by Crippen LogP contribution is 2.22. The zero-order valence-corrected chi connectivity index (χ0v) is 11.4. The van der Waals surface area contributed by atoms with E-state index in [0.29, 0.717) is 5.56 Å². The molecular formula is C14H17ClN2O2. The van der Waals surface area contributed by atoms with Crippen LogP contribution in [-0.2, 0) is 6.54 Å². The minimum Gasteiger partial charge on any atom is -0.478 e. The second-order valence-electron chi connectivity index (χ2n) is 4.86. The predicted octanol–water partition coefficient (Wildman–Crippen LogP) is 2.88. The molecule has 0 spiro atoms. The molecule has 102 valence electrons. The van der Waals surface area contributed by atoms with Crippen molar-refractivity contribution in [3.8, 4) is 0 Å². The van der Waals surface area contributed by atoms with Gasteiger partial charge in [0.1, 0.15) is 0 Å². The molecule has 2 heterocycles. The lowest BCUT2D eigenvalue weighted by molar-refractivity contribution is 0.0697. The molecule has 4 nitrogen and oxygen atoms in total. The van der Waals surface area contributed by atoms with Crippen molar-refractivity contribution in [3.05, 3.63) is 35.5 Å². The molecule has 1 saturated heterocycles. The Morgan fingerprint density at radius 1 is 1.32 bits per heavy atom. The summed E-state index contributed by atoms with van der Waals surface area (Å²) < 4.78 is 0. The smallest absolute Gasteiger partial charge is 0.335 e. The first kappa shape index (κ1) is 13.9. The lowest BCUT2D eigenvalue weighted by atomic mass is 10.1. The monoisotopic (exact) mass is 280 g/mol. The molecule has 0 unspecified atom stereocenters. The Morgan fingerprint density at radius 3 is 2.74 bits per heavy atom. The number of aromatic carboxylic acids is 1. The number of H-pyrrole nitrogens is 1. The second-order valence-corrected chi connectivity index (χ2v) is 4.86. The molecule has 5 heteroatoms. The average Bonchev–Trinajstić information content (AvgIpc) is 2.99. The van der Waals surface area contributed by atoms with Crippen molar-refractivity contribution in [2.45, 2.75) is 19.4 Å². The first-order valence-electron chi connectivity index (χ1n) is 6.30. The Kier molecular flexibility index (Phi) is 4.12. The van der Waals surface area contributed by atoms with Gasteiger partial charge in [-0.15, -0.1) is 12.4 Å². The number of halogens is 1. The number of hydrogen-bond acceptors (Lipinski definition) is 2. The van der Waals surface area contributed by atoms with Gasteiger partial charge in [0.05, 0.1) is 5.56 Å². The van der Waals surface area contributed by atoms with Gasteiger partial charge in [-0.25, -0.2) is 4.79 Å². The summed E-state index contributed by atoms with van der Waals surface area (Å²) in [6.45, 7) is 3.19. The highest BCUT2D eigenvalue weighted by molar-refractivity contribution is 5.94. The van der Waals surface area contributed by atoms with Gasteiger partial charge in [-0.05, 0) is 49.7 Å². The summed E-state index contributed by atoms with van der Waals surface area (Å²) in [4.78, 5) is 16.6. The SMILES string of the molecule is Cl.O=C(O)c1ccc2[nH]cc(CN3CCCC3)c2c1. The van der Waals surface area contributed by atoms with Crippen LogP contribution in [0.5, 0.6) is 0 Å². The largest absolute Gasteiger partial charge is 0.478 e. The molecular weight excluding hydrogens is 264 g/mol. The third-order valence-electron chi connectivity index (χ3n) is 3.61. The van der Waals surface area contributed by atoms with Crippen LogP contribution >= 0.6 is 12.4 Å². The van der Waals surface area contributed by atoms with Gasteiger partial charge in [-0.2, -0.15) is 0 Å². The van der Waals surface area contributed by atoms with E-state index in [0.717, 1.165) is 30.5 Å². The second kappa shape index (κ2) is 5.63.